The third-order valence-corrected chi connectivity index (χ3v) is 4.42. The summed E-state index contributed by atoms with van der Waals surface area (Å²) < 4.78 is 5.56. The summed E-state index contributed by atoms with van der Waals surface area (Å²) in [5.74, 6) is 0.790. The predicted molar refractivity (Wildman–Crippen MR) is 103 cm³/mol. The molecule has 2 aromatic carbocycles. The van der Waals surface area contributed by atoms with Crippen LogP contribution >= 0.6 is 0 Å². The van der Waals surface area contributed by atoms with Gasteiger partial charge >= 0.3 is 0 Å². The second-order valence-corrected chi connectivity index (χ2v) is 6.37. The summed E-state index contributed by atoms with van der Waals surface area (Å²) in [5, 5.41) is 22.9. The Kier molecular flexibility index (Phi) is 6.12. The van der Waals surface area contributed by atoms with Crippen molar-refractivity contribution in [3.63, 3.8) is 0 Å². The Bertz CT molecular complexity index is 991. The summed E-state index contributed by atoms with van der Waals surface area (Å²) in [6.45, 7) is 1.83. The van der Waals surface area contributed by atoms with Crippen molar-refractivity contribution in [2.75, 3.05) is 7.05 Å². The van der Waals surface area contributed by atoms with Gasteiger partial charge < -0.3 is 9.64 Å². The summed E-state index contributed by atoms with van der Waals surface area (Å²) in [5.41, 5.74) is 0.648. The lowest BCUT2D eigenvalue weighted by Crippen LogP contribution is -2.33. The molecule has 1 atom stereocenters. The zero-order chi connectivity index (χ0) is 20.8. The molecular weight excluding hydrogens is 376 g/mol. The van der Waals surface area contributed by atoms with Crippen molar-refractivity contribution in [2.24, 2.45) is 0 Å². The molecule has 3 rings (SSSR count). The molecule has 0 aliphatic heterocycles. The van der Waals surface area contributed by atoms with Crippen molar-refractivity contribution in [3.05, 3.63) is 76.1 Å². The Morgan fingerprint density at radius 2 is 2.00 bits per heavy atom. The van der Waals surface area contributed by atoms with E-state index >= 15 is 0 Å². The first kappa shape index (κ1) is 19.9. The first-order valence-electron chi connectivity index (χ1n) is 8.88. The van der Waals surface area contributed by atoms with Crippen molar-refractivity contribution in [2.45, 2.75) is 26.1 Å². The van der Waals surface area contributed by atoms with Gasteiger partial charge in [0.15, 0.2) is 6.61 Å². The fraction of sp³-hybridized carbons (Fsp3) is 0.263. The molecule has 0 saturated heterocycles. The molecule has 1 amide bonds. The molecule has 0 radical (unpaired) electrons. The monoisotopic (exact) mass is 396 g/mol. The summed E-state index contributed by atoms with van der Waals surface area (Å²) in [6, 6.07) is 15.1. The third kappa shape index (κ3) is 5.12. The molecule has 0 aliphatic rings. The van der Waals surface area contributed by atoms with Gasteiger partial charge in [-0.3, -0.25) is 14.9 Å². The highest BCUT2D eigenvalue weighted by Gasteiger charge is 2.20. The standard InChI is InChI=1S/C19H20N6O4/c1-14(15-7-6-8-16(11-15)25(27)28)23(2)19(26)12-24-21-18(20-22-24)13-29-17-9-4-3-5-10-17/h3-11,14H,12-13H2,1-2H3/t14-/m1/s1. The first-order valence-corrected chi connectivity index (χ1v) is 8.88. The lowest BCUT2D eigenvalue weighted by molar-refractivity contribution is -0.384. The minimum atomic E-state index is -0.462. The highest BCUT2D eigenvalue weighted by atomic mass is 16.6. The van der Waals surface area contributed by atoms with E-state index in [9.17, 15) is 14.9 Å². The van der Waals surface area contributed by atoms with Crippen molar-refractivity contribution in [1.82, 2.24) is 25.1 Å². The number of carbonyl (C=O) groups is 1. The van der Waals surface area contributed by atoms with Crippen LogP contribution in [-0.2, 0) is 17.9 Å². The number of rotatable bonds is 8. The van der Waals surface area contributed by atoms with Crippen LogP contribution in [0.4, 0.5) is 5.69 Å². The van der Waals surface area contributed by atoms with E-state index in [2.05, 4.69) is 15.4 Å². The van der Waals surface area contributed by atoms with Crippen LogP contribution in [0.2, 0.25) is 0 Å². The van der Waals surface area contributed by atoms with Crippen LogP contribution in [0.5, 0.6) is 5.75 Å². The molecule has 0 saturated carbocycles. The third-order valence-electron chi connectivity index (χ3n) is 4.42. The number of amides is 1. The Morgan fingerprint density at radius 3 is 2.72 bits per heavy atom. The second kappa shape index (κ2) is 8.91. The maximum Gasteiger partial charge on any atom is 0.269 e. The van der Waals surface area contributed by atoms with Gasteiger partial charge in [-0.15, -0.1) is 10.2 Å². The molecule has 1 heterocycles. The molecular formula is C19H20N6O4. The molecule has 3 aromatic rings. The Morgan fingerprint density at radius 1 is 1.24 bits per heavy atom. The van der Waals surface area contributed by atoms with Crippen molar-refractivity contribution >= 4 is 11.6 Å². The number of hydrogen-bond acceptors (Lipinski definition) is 7. The van der Waals surface area contributed by atoms with Gasteiger partial charge in [0.1, 0.15) is 12.3 Å². The maximum absolute atomic E-state index is 12.6. The molecule has 0 bridgehead atoms. The Balaban J connectivity index is 1.59. The van der Waals surface area contributed by atoms with Gasteiger partial charge in [0.05, 0.1) is 11.0 Å². The van der Waals surface area contributed by atoms with Gasteiger partial charge in [-0.25, -0.2) is 0 Å². The molecule has 0 N–H and O–H groups in total. The predicted octanol–water partition coefficient (Wildman–Crippen LogP) is 2.38. The maximum atomic E-state index is 12.6. The Hall–Kier alpha value is -3.82. The van der Waals surface area contributed by atoms with Crippen LogP contribution in [0, 0.1) is 10.1 Å². The van der Waals surface area contributed by atoms with Gasteiger partial charge in [0, 0.05) is 19.2 Å². The number of ether oxygens (including phenoxy) is 1. The van der Waals surface area contributed by atoms with E-state index in [4.69, 9.17) is 4.74 Å². The first-order chi connectivity index (χ1) is 13.9. The number of likely N-dealkylation sites (N-methyl/N-ethyl adjacent to an activating group) is 1. The molecule has 0 fully saturated rings. The highest BCUT2D eigenvalue weighted by Crippen LogP contribution is 2.23. The Labute approximate surface area is 166 Å². The minimum Gasteiger partial charge on any atom is -0.485 e. The fourth-order valence-electron chi connectivity index (χ4n) is 2.64. The zero-order valence-corrected chi connectivity index (χ0v) is 16.0. The van der Waals surface area contributed by atoms with E-state index in [-0.39, 0.29) is 30.8 Å². The lowest BCUT2D eigenvalue weighted by atomic mass is 10.1. The van der Waals surface area contributed by atoms with Gasteiger partial charge in [0.2, 0.25) is 11.7 Å². The average Bonchev–Trinajstić information content (AvgIpc) is 3.19. The number of aromatic nitrogens is 4. The summed E-state index contributed by atoms with van der Waals surface area (Å²) in [7, 11) is 1.63. The van der Waals surface area contributed by atoms with E-state index < -0.39 is 4.92 Å². The van der Waals surface area contributed by atoms with Gasteiger partial charge in [-0.1, -0.05) is 30.3 Å². The van der Waals surface area contributed by atoms with Crippen LogP contribution < -0.4 is 4.74 Å². The van der Waals surface area contributed by atoms with Crippen LogP contribution in [0.25, 0.3) is 0 Å². The summed E-state index contributed by atoms with van der Waals surface area (Å²) >= 11 is 0. The number of carbonyl (C=O) groups excluding carboxylic acids is 1. The van der Waals surface area contributed by atoms with E-state index in [1.165, 1.54) is 21.8 Å². The smallest absolute Gasteiger partial charge is 0.269 e. The van der Waals surface area contributed by atoms with Gasteiger partial charge in [-0.2, -0.15) is 4.80 Å². The summed E-state index contributed by atoms with van der Waals surface area (Å²) in [6.07, 6.45) is 0. The molecule has 10 heteroatoms. The topological polar surface area (TPSA) is 116 Å². The average molecular weight is 396 g/mol. The van der Waals surface area contributed by atoms with E-state index in [1.807, 2.05) is 30.3 Å². The molecule has 0 spiro atoms. The number of nitrogens with zero attached hydrogens (tertiary/aromatic N) is 6. The number of hydrogen-bond donors (Lipinski definition) is 0. The van der Waals surface area contributed by atoms with E-state index in [1.54, 1.807) is 26.1 Å². The zero-order valence-electron chi connectivity index (χ0n) is 16.0. The van der Waals surface area contributed by atoms with E-state index in [0.29, 0.717) is 17.1 Å². The second-order valence-electron chi connectivity index (χ2n) is 6.37. The summed E-state index contributed by atoms with van der Waals surface area (Å²) in [4.78, 5) is 25.7. The number of benzene rings is 2. The molecule has 0 aliphatic carbocycles. The quantitative estimate of drug-likeness (QED) is 0.424. The number of nitro groups is 1. The molecule has 150 valence electrons. The van der Waals surface area contributed by atoms with Crippen LogP contribution in [-0.4, -0.2) is 43.0 Å². The molecule has 0 unspecified atom stereocenters. The SMILES string of the molecule is C[C@H](c1cccc([N+](=O)[O-])c1)N(C)C(=O)Cn1nnc(COc2ccccc2)n1. The van der Waals surface area contributed by atoms with Crippen molar-refractivity contribution < 1.29 is 14.5 Å². The number of nitro benzene ring substituents is 1. The number of para-hydroxylation sites is 1. The molecule has 10 nitrogen and oxygen atoms in total. The van der Waals surface area contributed by atoms with Gasteiger partial charge in [-0.05, 0) is 29.8 Å². The molecule has 1 aromatic heterocycles. The lowest BCUT2D eigenvalue weighted by Gasteiger charge is -2.25. The fourth-order valence-corrected chi connectivity index (χ4v) is 2.64. The van der Waals surface area contributed by atoms with Gasteiger partial charge in [0.25, 0.3) is 5.69 Å². The largest absolute Gasteiger partial charge is 0.485 e. The minimum absolute atomic E-state index is 0.0174. The van der Waals surface area contributed by atoms with Crippen LogP contribution in [0.15, 0.2) is 54.6 Å². The normalized spacial score (nSPS) is 11.7. The number of tetrazole rings is 1. The number of non-ortho nitro benzene ring substituents is 1. The van der Waals surface area contributed by atoms with Crippen LogP contribution in [0.1, 0.15) is 24.4 Å². The molecule has 29 heavy (non-hydrogen) atoms. The van der Waals surface area contributed by atoms with E-state index in [0.717, 1.165) is 0 Å². The highest BCUT2D eigenvalue weighted by molar-refractivity contribution is 5.76. The van der Waals surface area contributed by atoms with Crippen molar-refractivity contribution in [3.8, 4) is 5.75 Å². The van der Waals surface area contributed by atoms with Crippen molar-refractivity contribution in [1.29, 1.82) is 0 Å². The van der Waals surface area contributed by atoms with Crippen LogP contribution in [0.3, 0.4) is 0 Å².